The highest BCUT2D eigenvalue weighted by Crippen LogP contribution is 2.19. The van der Waals surface area contributed by atoms with E-state index in [0.29, 0.717) is 13.1 Å². The molecule has 2 amide bonds. The lowest BCUT2D eigenvalue weighted by Crippen LogP contribution is -2.40. The average Bonchev–Trinajstić information content (AvgIpc) is 3.00. The molecule has 0 aliphatic carbocycles. The highest BCUT2D eigenvalue weighted by atomic mass is 32.1. The number of benzene rings is 1. The minimum atomic E-state index is -0.138. The fraction of sp³-hybridized carbons (Fsp3) is 0.312. The predicted molar refractivity (Wildman–Crippen MR) is 87.4 cm³/mol. The van der Waals surface area contributed by atoms with Crippen LogP contribution in [0.5, 0.6) is 0 Å². The maximum Gasteiger partial charge on any atom is 0.315 e. The lowest BCUT2D eigenvalue weighted by atomic mass is 10.1. The number of nitrogens with zero attached hydrogens (tertiary/aromatic N) is 1. The molecule has 112 valence electrons. The van der Waals surface area contributed by atoms with Crippen molar-refractivity contribution in [1.82, 2.24) is 15.5 Å². The number of likely N-dealkylation sites (N-methyl/N-ethyl adjacent to an activating group) is 1. The van der Waals surface area contributed by atoms with Gasteiger partial charge in [-0.3, -0.25) is 0 Å². The Morgan fingerprint density at radius 1 is 1.19 bits per heavy atom. The maximum atomic E-state index is 11.9. The number of nitrogens with one attached hydrogen (secondary N) is 2. The van der Waals surface area contributed by atoms with Crippen LogP contribution < -0.4 is 10.6 Å². The Labute approximate surface area is 129 Å². The van der Waals surface area contributed by atoms with Crippen LogP contribution in [-0.2, 0) is 6.54 Å². The smallest absolute Gasteiger partial charge is 0.315 e. The summed E-state index contributed by atoms with van der Waals surface area (Å²) in [5.74, 6) is 0. The molecule has 4 nitrogen and oxygen atoms in total. The van der Waals surface area contributed by atoms with Gasteiger partial charge in [-0.1, -0.05) is 30.3 Å². The van der Waals surface area contributed by atoms with Gasteiger partial charge in [-0.2, -0.15) is 11.3 Å². The second-order valence-corrected chi connectivity index (χ2v) is 5.87. The first-order valence-electron chi connectivity index (χ1n) is 6.91. The molecule has 1 aromatic carbocycles. The summed E-state index contributed by atoms with van der Waals surface area (Å²) in [4.78, 5) is 14.0. The number of carbonyl (C=O) groups is 1. The number of thiophene rings is 1. The fourth-order valence-corrected chi connectivity index (χ4v) is 2.80. The summed E-state index contributed by atoms with van der Waals surface area (Å²) in [6.45, 7) is 1.13. The van der Waals surface area contributed by atoms with E-state index in [1.807, 2.05) is 44.4 Å². The average molecular weight is 303 g/mol. The molecule has 0 spiro atoms. The summed E-state index contributed by atoms with van der Waals surface area (Å²) in [7, 11) is 4.04. The van der Waals surface area contributed by atoms with Gasteiger partial charge < -0.3 is 15.5 Å². The van der Waals surface area contributed by atoms with Gasteiger partial charge in [-0.15, -0.1) is 0 Å². The SMILES string of the molecule is CN(C)C(CNC(=O)NCc1ccccc1)c1ccsc1. The van der Waals surface area contributed by atoms with E-state index in [1.165, 1.54) is 5.56 Å². The first-order valence-corrected chi connectivity index (χ1v) is 7.85. The molecule has 2 rings (SSSR count). The largest absolute Gasteiger partial charge is 0.336 e. The van der Waals surface area contributed by atoms with Crippen molar-refractivity contribution in [1.29, 1.82) is 0 Å². The van der Waals surface area contributed by atoms with E-state index in [0.717, 1.165) is 5.56 Å². The first-order chi connectivity index (χ1) is 10.2. The zero-order valence-electron chi connectivity index (χ0n) is 12.4. The summed E-state index contributed by atoms with van der Waals surface area (Å²) in [5, 5.41) is 9.98. The topological polar surface area (TPSA) is 44.4 Å². The third kappa shape index (κ3) is 4.88. The molecular formula is C16H21N3OS. The van der Waals surface area contributed by atoms with Gasteiger partial charge in [0.2, 0.25) is 0 Å². The van der Waals surface area contributed by atoms with Gasteiger partial charge in [0.25, 0.3) is 0 Å². The number of amides is 2. The molecule has 0 radical (unpaired) electrons. The Morgan fingerprint density at radius 3 is 2.57 bits per heavy atom. The van der Waals surface area contributed by atoms with Crippen LogP contribution in [0.25, 0.3) is 0 Å². The van der Waals surface area contributed by atoms with Crippen molar-refractivity contribution in [2.75, 3.05) is 20.6 Å². The van der Waals surface area contributed by atoms with Gasteiger partial charge in [-0.25, -0.2) is 4.79 Å². The standard InChI is InChI=1S/C16H21N3OS/c1-19(2)15(14-8-9-21-12-14)11-18-16(20)17-10-13-6-4-3-5-7-13/h3-9,12,15H,10-11H2,1-2H3,(H2,17,18,20). The number of hydrogen-bond donors (Lipinski definition) is 2. The van der Waals surface area contributed by atoms with Crippen molar-refractivity contribution in [3.05, 3.63) is 58.3 Å². The second kappa shape index (κ2) is 7.81. The van der Waals surface area contributed by atoms with Gasteiger partial charge in [0.1, 0.15) is 0 Å². The van der Waals surface area contributed by atoms with Crippen molar-refractivity contribution in [2.45, 2.75) is 12.6 Å². The first kappa shape index (κ1) is 15.5. The highest BCUT2D eigenvalue weighted by Gasteiger charge is 2.15. The van der Waals surface area contributed by atoms with Crippen molar-refractivity contribution in [2.24, 2.45) is 0 Å². The van der Waals surface area contributed by atoms with Gasteiger partial charge in [0.15, 0.2) is 0 Å². The lowest BCUT2D eigenvalue weighted by molar-refractivity contribution is 0.232. The molecule has 1 heterocycles. The third-order valence-electron chi connectivity index (χ3n) is 3.30. The lowest BCUT2D eigenvalue weighted by Gasteiger charge is -2.24. The van der Waals surface area contributed by atoms with Crippen LogP contribution in [0.15, 0.2) is 47.2 Å². The van der Waals surface area contributed by atoms with E-state index < -0.39 is 0 Å². The van der Waals surface area contributed by atoms with Crippen LogP contribution in [0.2, 0.25) is 0 Å². The molecule has 5 heteroatoms. The summed E-state index contributed by atoms with van der Waals surface area (Å²) in [5.41, 5.74) is 2.32. The molecule has 1 unspecified atom stereocenters. The molecule has 0 saturated carbocycles. The van der Waals surface area contributed by atoms with E-state index >= 15 is 0 Å². The third-order valence-corrected chi connectivity index (χ3v) is 4.00. The summed E-state index contributed by atoms with van der Waals surface area (Å²) < 4.78 is 0. The zero-order chi connectivity index (χ0) is 15.1. The molecule has 0 fully saturated rings. The summed E-state index contributed by atoms with van der Waals surface area (Å²) in [6, 6.07) is 12.0. The van der Waals surface area contributed by atoms with E-state index in [4.69, 9.17) is 0 Å². The molecule has 0 aliphatic heterocycles. The molecule has 2 aromatic rings. The summed E-state index contributed by atoms with van der Waals surface area (Å²) >= 11 is 1.67. The quantitative estimate of drug-likeness (QED) is 0.862. The minimum Gasteiger partial charge on any atom is -0.336 e. The maximum absolute atomic E-state index is 11.9. The van der Waals surface area contributed by atoms with Crippen LogP contribution >= 0.6 is 11.3 Å². The van der Waals surface area contributed by atoms with Crippen LogP contribution in [0, 0.1) is 0 Å². The highest BCUT2D eigenvalue weighted by molar-refractivity contribution is 7.07. The van der Waals surface area contributed by atoms with E-state index in [1.54, 1.807) is 11.3 Å². The van der Waals surface area contributed by atoms with Crippen LogP contribution in [0.1, 0.15) is 17.2 Å². The normalized spacial score (nSPS) is 12.1. The van der Waals surface area contributed by atoms with Gasteiger partial charge in [0, 0.05) is 13.1 Å². The molecular weight excluding hydrogens is 282 g/mol. The number of carbonyl (C=O) groups excluding carboxylic acids is 1. The Morgan fingerprint density at radius 2 is 1.95 bits per heavy atom. The van der Waals surface area contributed by atoms with Gasteiger partial charge >= 0.3 is 6.03 Å². The Hall–Kier alpha value is -1.85. The minimum absolute atomic E-state index is 0.138. The van der Waals surface area contributed by atoms with E-state index in [9.17, 15) is 4.79 Å². The number of rotatable bonds is 6. The molecule has 1 atom stereocenters. The number of hydrogen-bond acceptors (Lipinski definition) is 3. The van der Waals surface area contributed by atoms with Crippen molar-refractivity contribution in [3.8, 4) is 0 Å². The molecule has 2 N–H and O–H groups in total. The fourth-order valence-electron chi connectivity index (χ4n) is 2.09. The van der Waals surface area contributed by atoms with Crippen LogP contribution in [0.3, 0.4) is 0 Å². The Kier molecular flexibility index (Phi) is 5.78. The monoisotopic (exact) mass is 303 g/mol. The van der Waals surface area contributed by atoms with Crippen molar-refractivity contribution in [3.63, 3.8) is 0 Å². The molecule has 1 aromatic heterocycles. The second-order valence-electron chi connectivity index (χ2n) is 5.09. The van der Waals surface area contributed by atoms with E-state index in [-0.39, 0.29) is 12.1 Å². The predicted octanol–water partition coefficient (Wildman–Crippen LogP) is 2.85. The summed E-state index contributed by atoms with van der Waals surface area (Å²) in [6.07, 6.45) is 0. The van der Waals surface area contributed by atoms with Crippen LogP contribution in [-0.4, -0.2) is 31.6 Å². The van der Waals surface area contributed by atoms with Gasteiger partial charge in [0.05, 0.1) is 6.04 Å². The molecule has 0 aliphatic rings. The Bertz CT molecular complexity index is 540. The molecule has 21 heavy (non-hydrogen) atoms. The van der Waals surface area contributed by atoms with Crippen LogP contribution in [0.4, 0.5) is 4.79 Å². The Balaban J connectivity index is 1.80. The molecule has 0 saturated heterocycles. The van der Waals surface area contributed by atoms with Gasteiger partial charge in [-0.05, 0) is 42.0 Å². The zero-order valence-corrected chi connectivity index (χ0v) is 13.2. The molecule has 0 bridgehead atoms. The van der Waals surface area contributed by atoms with E-state index in [2.05, 4.69) is 32.4 Å². The van der Waals surface area contributed by atoms with Crippen molar-refractivity contribution < 1.29 is 4.79 Å². The van der Waals surface area contributed by atoms with Crippen molar-refractivity contribution >= 4 is 17.4 Å². The number of urea groups is 1.